The number of esters is 3. The number of methoxy groups -OCH3 is 1. The second-order valence-electron chi connectivity index (χ2n) is 4.89. The Balaban J connectivity index is -0.000000329. The minimum Gasteiger partial charge on any atom is -0.466 e. The molecule has 0 fully saturated rings. The minimum absolute atomic E-state index is 0.0981. The number of carbonyl (C=O) groups excluding carboxylic acids is 4. The summed E-state index contributed by atoms with van der Waals surface area (Å²) in [6.45, 7) is 15.9. The zero-order chi connectivity index (χ0) is 21.7. The Labute approximate surface area is 160 Å². The molecule has 0 aliphatic rings. The maximum atomic E-state index is 10.6. The maximum absolute atomic E-state index is 10.6. The number of unbranched alkanes of at least 4 members (excludes halogenated alkanes) is 1. The van der Waals surface area contributed by atoms with E-state index < -0.39 is 5.97 Å². The standard InChI is InChI=1S/C7H9NO3.C7H12O2.C5H8O2/c1-6(2)7(10)11-4-3-8-5-9;1-3-5-6-9-7(8)4-2;1-4(2)5(6)7-3/h1,3-4H2,2H3;4H,2-3,5-6H2,1H3;1H2,2-3H3. The van der Waals surface area contributed by atoms with Crippen LogP contribution in [-0.4, -0.2) is 50.9 Å². The van der Waals surface area contributed by atoms with E-state index in [1.165, 1.54) is 19.3 Å². The SMILES string of the molecule is C=C(C)C(=O)OC.C=C(C)C(=O)OCCN=C=O.C=CC(=O)OCCCC. The van der Waals surface area contributed by atoms with Crippen molar-refractivity contribution in [1.29, 1.82) is 0 Å². The topological polar surface area (TPSA) is 108 Å². The molecular weight excluding hydrogens is 354 g/mol. The van der Waals surface area contributed by atoms with Gasteiger partial charge in [-0.1, -0.05) is 33.1 Å². The van der Waals surface area contributed by atoms with Crippen molar-refractivity contribution in [3.63, 3.8) is 0 Å². The second-order valence-corrected chi connectivity index (χ2v) is 4.89. The molecule has 0 aromatic rings. The van der Waals surface area contributed by atoms with E-state index >= 15 is 0 Å². The Bertz CT molecular complexity index is 546. The molecular formula is C19H29NO7. The van der Waals surface area contributed by atoms with E-state index in [0.717, 1.165) is 12.8 Å². The highest BCUT2D eigenvalue weighted by atomic mass is 16.5. The van der Waals surface area contributed by atoms with Crippen LogP contribution in [0.25, 0.3) is 0 Å². The number of rotatable bonds is 9. The molecule has 0 heterocycles. The predicted octanol–water partition coefficient (Wildman–Crippen LogP) is 2.69. The van der Waals surface area contributed by atoms with Crippen molar-refractivity contribution in [1.82, 2.24) is 0 Å². The molecule has 0 spiro atoms. The van der Waals surface area contributed by atoms with E-state index in [1.807, 2.05) is 6.92 Å². The lowest BCUT2D eigenvalue weighted by molar-refractivity contribution is -0.139. The number of hydrogen-bond acceptors (Lipinski definition) is 8. The predicted molar refractivity (Wildman–Crippen MR) is 102 cm³/mol. The van der Waals surface area contributed by atoms with E-state index in [-0.39, 0.29) is 25.1 Å². The smallest absolute Gasteiger partial charge is 0.333 e. The molecule has 0 radical (unpaired) electrons. The Morgan fingerprint density at radius 3 is 1.93 bits per heavy atom. The lowest BCUT2D eigenvalue weighted by Gasteiger charge is -1.99. The zero-order valence-electron chi connectivity index (χ0n) is 16.5. The van der Waals surface area contributed by atoms with Crippen LogP contribution < -0.4 is 0 Å². The van der Waals surface area contributed by atoms with Crippen molar-refractivity contribution < 1.29 is 33.4 Å². The third-order valence-corrected chi connectivity index (χ3v) is 2.29. The highest BCUT2D eigenvalue weighted by Gasteiger charge is 2.00. The van der Waals surface area contributed by atoms with Crippen molar-refractivity contribution >= 4 is 24.0 Å². The number of ether oxygens (including phenoxy) is 3. The van der Waals surface area contributed by atoms with E-state index in [1.54, 1.807) is 13.8 Å². The van der Waals surface area contributed by atoms with Crippen LogP contribution in [0.4, 0.5) is 0 Å². The van der Waals surface area contributed by atoms with Crippen LogP contribution in [-0.2, 0) is 33.4 Å². The first-order valence-electron chi connectivity index (χ1n) is 8.07. The molecule has 0 aromatic heterocycles. The van der Waals surface area contributed by atoms with Crippen LogP contribution in [0.2, 0.25) is 0 Å². The lowest BCUT2D eigenvalue weighted by Crippen LogP contribution is -2.07. The van der Waals surface area contributed by atoms with Crippen LogP contribution in [0.15, 0.2) is 42.0 Å². The summed E-state index contributed by atoms with van der Waals surface area (Å²) in [5.74, 6) is -1.14. The van der Waals surface area contributed by atoms with E-state index in [0.29, 0.717) is 17.8 Å². The van der Waals surface area contributed by atoms with Gasteiger partial charge >= 0.3 is 17.9 Å². The first kappa shape index (κ1) is 28.8. The molecule has 0 N–H and O–H groups in total. The fraction of sp³-hybridized carbons (Fsp3) is 0.474. The Kier molecular flexibility index (Phi) is 22.5. The molecule has 8 heteroatoms. The molecule has 0 atom stereocenters. The number of nitrogens with zero attached hydrogens (tertiary/aromatic N) is 1. The largest absolute Gasteiger partial charge is 0.466 e. The zero-order valence-corrected chi connectivity index (χ0v) is 16.5. The molecule has 27 heavy (non-hydrogen) atoms. The average Bonchev–Trinajstić information content (AvgIpc) is 2.65. The summed E-state index contributed by atoms with van der Waals surface area (Å²) in [5, 5.41) is 0. The van der Waals surface area contributed by atoms with Gasteiger partial charge in [0.2, 0.25) is 6.08 Å². The van der Waals surface area contributed by atoms with Gasteiger partial charge in [0.25, 0.3) is 0 Å². The molecule has 0 bridgehead atoms. The third kappa shape index (κ3) is 25.4. The van der Waals surface area contributed by atoms with Gasteiger partial charge in [0.05, 0.1) is 20.3 Å². The number of aliphatic imine (C=N–C) groups is 1. The van der Waals surface area contributed by atoms with Gasteiger partial charge in [0.1, 0.15) is 6.61 Å². The molecule has 0 aliphatic carbocycles. The Hall–Kier alpha value is -2.99. The molecule has 0 amide bonds. The number of carbonyl (C=O) groups is 3. The van der Waals surface area contributed by atoms with Crippen LogP contribution >= 0.6 is 0 Å². The highest BCUT2D eigenvalue weighted by Crippen LogP contribution is 1.91. The van der Waals surface area contributed by atoms with Crippen LogP contribution in [0.3, 0.4) is 0 Å². The molecule has 152 valence electrons. The summed E-state index contributed by atoms with van der Waals surface area (Å²) in [7, 11) is 1.33. The van der Waals surface area contributed by atoms with Crippen molar-refractivity contribution in [3.8, 4) is 0 Å². The summed E-state index contributed by atoms with van der Waals surface area (Å²) in [5.41, 5.74) is 0.766. The van der Waals surface area contributed by atoms with Crippen molar-refractivity contribution in [2.75, 3.05) is 26.9 Å². The van der Waals surface area contributed by atoms with Gasteiger partial charge in [-0.3, -0.25) is 0 Å². The summed E-state index contributed by atoms with van der Waals surface area (Å²) >= 11 is 0. The van der Waals surface area contributed by atoms with Crippen LogP contribution in [0.1, 0.15) is 33.6 Å². The van der Waals surface area contributed by atoms with E-state index in [4.69, 9.17) is 0 Å². The van der Waals surface area contributed by atoms with Crippen LogP contribution in [0.5, 0.6) is 0 Å². The lowest BCUT2D eigenvalue weighted by atomic mass is 10.4. The van der Waals surface area contributed by atoms with E-state index in [2.05, 4.69) is 38.9 Å². The molecule has 0 aromatic carbocycles. The molecule has 8 nitrogen and oxygen atoms in total. The first-order chi connectivity index (χ1) is 12.7. The van der Waals surface area contributed by atoms with Crippen molar-refractivity contribution in [3.05, 3.63) is 37.0 Å². The summed E-state index contributed by atoms with van der Waals surface area (Å²) in [6, 6.07) is 0. The molecule has 0 rings (SSSR count). The van der Waals surface area contributed by atoms with Gasteiger partial charge in [-0.05, 0) is 20.3 Å². The monoisotopic (exact) mass is 383 g/mol. The summed E-state index contributed by atoms with van der Waals surface area (Å²) in [4.78, 5) is 43.9. The maximum Gasteiger partial charge on any atom is 0.333 e. The van der Waals surface area contributed by atoms with E-state index in [9.17, 15) is 19.2 Å². The summed E-state index contributed by atoms with van der Waals surface area (Å²) in [6.07, 6.45) is 4.48. The Morgan fingerprint density at radius 2 is 1.59 bits per heavy atom. The molecule has 0 unspecified atom stereocenters. The second kappa shape index (κ2) is 21.1. The van der Waals surface area contributed by atoms with Crippen molar-refractivity contribution in [2.24, 2.45) is 4.99 Å². The van der Waals surface area contributed by atoms with Gasteiger partial charge in [-0.15, -0.1) is 0 Å². The fourth-order valence-electron chi connectivity index (χ4n) is 0.903. The molecule has 0 saturated carbocycles. The third-order valence-electron chi connectivity index (χ3n) is 2.29. The molecule has 0 aliphatic heterocycles. The minimum atomic E-state index is -0.467. The first-order valence-corrected chi connectivity index (χ1v) is 8.07. The number of hydrogen-bond donors (Lipinski definition) is 0. The van der Waals surface area contributed by atoms with Gasteiger partial charge < -0.3 is 14.2 Å². The van der Waals surface area contributed by atoms with Gasteiger partial charge in [0.15, 0.2) is 0 Å². The molecule has 0 saturated heterocycles. The van der Waals surface area contributed by atoms with Gasteiger partial charge in [0, 0.05) is 17.2 Å². The van der Waals surface area contributed by atoms with Gasteiger partial charge in [-0.2, -0.15) is 0 Å². The van der Waals surface area contributed by atoms with Crippen LogP contribution in [0, 0.1) is 0 Å². The Morgan fingerprint density at radius 1 is 1.04 bits per heavy atom. The van der Waals surface area contributed by atoms with Crippen molar-refractivity contribution in [2.45, 2.75) is 33.6 Å². The number of isocyanates is 1. The fourth-order valence-corrected chi connectivity index (χ4v) is 0.903. The van der Waals surface area contributed by atoms with Gasteiger partial charge in [-0.25, -0.2) is 24.2 Å². The summed E-state index contributed by atoms with van der Waals surface area (Å²) < 4.78 is 13.5. The average molecular weight is 383 g/mol. The normalized spacial score (nSPS) is 8.15. The quantitative estimate of drug-likeness (QED) is 0.150. The highest BCUT2D eigenvalue weighted by molar-refractivity contribution is 5.87.